The van der Waals surface area contributed by atoms with E-state index in [1.165, 1.54) is 31.4 Å². The molecule has 0 amide bonds. The van der Waals surface area contributed by atoms with Gasteiger partial charge in [-0.05, 0) is 30.9 Å². The fourth-order valence-corrected chi connectivity index (χ4v) is 5.21. The summed E-state index contributed by atoms with van der Waals surface area (Å²) >= 11 is 1.99. The molecule has 0 aromatic carbocycles. The minimum absolute atomic E-state index is 0.0684. The monoisotopic (exact) mass is 268 g/mol. The molecule has 2 unspecified atom stereocenters. The van der Waals surface area contributed by atoms with Crippen LogP contribution >= 0.6 is 11.8 Å². The van der Waals surface area contributed by atoms with Crippen molar-refractivity contribution in [2.75, 3.05) is 18.1 Å². The Balaban J connectivity index is 1.56. The van der Waals surface area contributed by atoms with E-state index in [2.05, 4.69) is 0 Å². The van der Waals surface area contributed by atoms with E-state index >= 15 is 0 Å². The fraction of sp³-hybridized carbons (Fsp3) is 0.933. The molecule has 1 saturated carbocycles. The second-order valence-corrected chi connectivity index (χ2v) is 7.45. The maximum atomic E-state index is 12.4. The smallest absolute Gasteiger partial charge is 0.136 e. The third-order valence-corrected chi connectivity index (χ3v) is 6.20. The largest absolute Gasteiger partial charge is 0.374 e. The number of hydrogen-bond acceptors (Lipinski definition) is 3. The highest BCUT2D eigenvalue weighted by Crippen LogP contribution is 2.41. The van der Waals surface area contributed by atoms with Gasteiger partial charge in [-0.3, -0.25) is 4.79 Å². The lowest BCUT2D eigenvalue weighted by atomic mass is 9.80. The molecule has 3 heteroatoms. The standard InChI is InChI=1S/C15H24O2S/c16-14(9-12-3-1-2-4-12)13-5-7-17-15(10-13)6-8-18-11-15/h12-13H,1-11H2. The number of hydrogen-bond donors (Lipinski definition) is 0. The zero-order chi connectivity index (χ0) is 12.4. The van der Waals surface area contributed by atoms with Crippen molar-refractivity contribution in [2.24, 2.45) is 11.8 Å². The lowest BCUT2D eigenvalue weighted by Gasteiger charge is -2.37. The van der Waals surface area contributed by atoms with E-state index in [1.807, 2.05) is 11.8 Å². The van der Waals surface area contributed by atoms with E-state index in [-0.39, 0.29) is 5.60 Å². The van der Waals surface area contributed by atoms with Gasteiger partial charge in [-0.1, -0.05) is 25.7 Å². The highest BCUT2D eigenvalue weighted by Gasteiger charge is 2.42. The molecular weight excluding hydrogens is 244 g/mol. The molecule has 102 valence electrons. The molecule has 0 aromatic rings. The van der Waals surface area contributed by atoms with Crippen molar-refractivity contribution in [2.45, 2.75) is 57.0 Å². The molecule has 3 aliphatic rings. The van der Waals surface area contributed by atoms with E-state index in [0.717, 1.165) is 38.0 Å². The van der Waals surface area contributed by atoms with Gasteiger partial charge in [-0.2, -0.15) is 11.8 Å². The molecule has 2 aliphatic heterocycles. The molecule has 1 spiro atoms. The Bertz CT molecular complexity index is 304. The molecule has 1 aliphatic carbocycles. The summed E-state index contributed by atoms with van der Waals surface area (Å²) in [4.78, 5) is 12.4. The molecule has 3 fully saturated rings. The van der Waals surface area contributed by atoms with E-state index in [9.17, 15) is 4.79 Å². The summed E-state index contributed by atoms with van der Waals surface area (Å²) in [5.41, 5.74) is 0.0684. The predicted octanol–water partition coefficient (Wildman–Crippen LogP) is 3.44. The van der Waals surface area contributed by atoms with Crippen molar-refractivity contribution < 1.29 is 9.53 Å². The Morgan fingerprint density at radius 2 is 2.11 bits per heavy atom. The first-order chi connectivity index (χ1) is 8.77. The van der Waals surface area contributed by atoms with Gasteiger partial charge in [0, 0.05) is 24.7 Å². The zero-order valence-corrected chi connectivity index (χ0v) is 12.0. The first-order valence-corrected chi connectivity index (χ1v) is 8.67. The number of carbonyl (C=O) groups is 1. The average Bonchev–Trinajstić information content (AvgIpc) is 3.02. The van der Waals surface area contributed by atoms with Gasteiger partial charge < -0.3 is 4.74 Å². The summed E-state index contributed by atoms with van der Waals surface area (Å²) in [5.74, 6) is 3.87. The number of thioether (sulfide) groups is 1. The highest BCUT2D eigenvalue weighted by molar-refractivity contribution is 7.99. The molecule has 18 heavy (non-hydrogen) atoms. The Labute approximate surface area is 114 Å². The number of carbonyl (C=O) groups excluding carboxylic acids is 1. The van der Waals surface area contributed by atoms with Crippen LogP contribution in [0.1, 0.15) is 51.4 Å². The Kier molecular flexibility index (Phi) is 4.00. The van der Waals surface area contributed by atoms with Crippen LogP contribution in [0.2, 0.25) is 0 Å². The van der Waals surface area contributed by atoms with Gasteiger partial charge in [0.25, 0.3) is 0 Å². The predicted molar refractivity (Wildman–Crippen MR) is 74.9 cm³/mol. The highest BCUT2D eigenvalue weighted by atomic mass is 32.2. The van der Waals surface area contributed by atoms with Crippen molar-refractivity contribution >= 4 is 17.5 Å². The Hall–Kier alpha value is -0.0200. The van der Waals surface area contributed by atoms with Crippen molar-refractivity contribution in [3.05, 3.63) is 0 Å². The maximum Gasteiger partial charge on any atom is 0.136 e. The molecule has 2 nitrogen and oxygen atoms in total. The summed E-state index contributed by atoms with van der Waals surface area (Å²) in [5, 5.41) is 0. The second-order valence-electron chi connectivity index (χ2n) is 6.34. The van der Waals surface area contributed by atoms with Crippen LogP contribution in [0, 0.1) is 11.8 Å². The molecule has 0 bridgehead atoms. The molecule has 0 radical (unpaired) electrons. The quantitative estimate of drug-likeness (QED) is 0.784. The fourth-order valence-electron chi connectivity index (χ4n) is 3.83. The van der Waals surface area contributed by atoms with Crippen molar-refractivity contribution in [3.8, 4) is 0 Å². The van der Waals surface area contributed by atoms with E-state index in [0.29, 0.717) is 17.6 Å². The van der Waals surface area contributed by atoms with Gasteiger partial charge in [-0.15, -0.1) is 0 Å². The van der Waals surface area contributed by atoms with Gasteiger partial charge in [0.2, 0.25) is 0 Å². The minimum atomic E-state index is 0.0684. The second kappa shape index (κ2) is 5.54. The van der Waals surface area contributed by atoms with Gasteiger partial charge in [-0.25, -0.2) is 0 Å². The molecule has 0 aromatic heterocycles. The number of ether oxygens (including phenoxy) is 1. The van der Waals surface area contributed by atoms with Crippen LogP contribution in [-0.4, -0.2) is 29.5 Å². The van der Waals surface area contributed by atoms with Gasteiger partial charge in [0.1, 0.15) is 5.78 Å². The maximum absolute atomic E-state index is 12.4. The number of rotatable bonds is 3. The van der Waals surface area contributed by atoms with E-state index in [4.69, 9.17) is 4.74 Å². The number of ketones is 1. The first-order valence-electron chi connectivity index (χ1n) is 7.52. The van der Waals surface area contributed by atoms with E-state index in [1.54, 1.807) is 0 Å². The van der Waals surface area contributed by atoms with Gasteiger partial charge in [0.15, 0.2) is 0 Å². The van der Waals surface area contributed by atoms with Gasteiger partial charge >= 0.3 is 0 Å². The van der Waals surface area contributed by atoms with E-state index < -0.39 is 0 Å². The zero-order valence-electron chi connectivity index (χ0n) is 11.2. The summed E-state index contributed by atoms with van der Waals surface area (Å²) in [6.07, 6.45) is 9.24. The van der Waals surface area contributed by atoms with Crippen LogP contribution < -0.4 is 0 Å². The summed E-state index contributed by atoms with van der Waals surface area (Å²) < 4.78 is 6.00. The lowest BCUT2D eigenvalue weighted by molar-refractivity contribution is -0.134. The summed E-state index contributed by atoms with van der Waals surface area (Å²) in [6, 6.07) is 0. The molecule has 0 N–H and O–H groups in total. The SMILES string of the molecule is O=C(CC1CCCC1)C1CCOC2(CCSC2)C1. The Morgan fingerprint density at radius 3 is 2.83 bits per heavy atom. The lowest BCUT2D eigenvalue weighted by Crippen LogP contribution is -2.42. The van der Waals surface area contributed by atoms with Crippen LogP contribution in [0.25, 0.3) is 0 Å². The average molecular weight is 268 g/mol. The van der Waals surface area contributed by atoms with Crippen molar-refractivity contribution in [1.29, 1.82) is 0 Å². The molecule has 2 heterocycles. The van der Waals surface area contributed by atoms with Crippen LogP contribution in [0.15, 0.2) is 0 Å². The summed E-state index contributed by atoms with van der Waals surface area (Å²) in [6.45, 7) is 0.807. The number of Topliss-reactive ketones (excluding diaryl/α,β-unsaturated/α-hetero) is 1. The molecular formula is C15H24O2S. The van der Waals surface area contributed by atoms with Crippen molar-refractivity contribution in [3.63, 3.8) is 0 Å². The van der Waals surface area contributed by atoms with Crippen LogP contribution in [0.5, 0.6) is 0 Å². The van der Waals surface area contributed by atoms with Gasteiger partial charge in [0.05, 0.1) is 5.60 Å². The van der Waals surface area contributed by atoms with Crippen molar-refractivity contribution in [1.82, 2.24) is 0 Å². The third kappa shape index (κ3) is 2.77. The Morgan fingerprint density at radius 1 is 1.28 bits per heavy atom. The summed E-state index contributed by atoms with van der Waals surface area (Å²) in [7, 11) is 0. The van der Waals surface area contributed by atoms with Crippen LogP contribution in [0.4, 0.5) is 0 Å². The third-order valence-electron chi connectivity index (χ3n) is 4.98. The van der Waals surface area contributed by atoms with Crippen LogP contribution in [0.3, 0.4) is 0 Å². The van der Waals surface area contributed by atoms with Crippen LogP contribution in [-0.2, 0) is 9.53 Å². The molecule has 2 atom stereocenters. The first kappa shape index (κ1) is 13.0. The normalized spacial score (nSPS) is 37.4. The topological polar surface area (TPSA) is 26.3 Å². The molecule has 2 saturated heterocycles. The minimum Gasteiger partial charge on any atom is -0.374 e. The molecule has 3 rings (SSSR count).